The highest BCUT2D eigenvalue weighted by Gasteiger charge is 2.39. The minimum atomic E-state index is -0.421. The molecule has 1 fully saturated rings. The van der Waals surface area contributed by atoms with Gasteiger partial charge in [0.25, 0.3) is 5.91 Å². The van der Waals surface area contributed by atoms with Crippen molar-refractivity contribution in [2.45, 2.75) is 58.9 Å². The van der Waals surface area contributed by atoms with E-state index in [1.807, 2.05) is 38.7 Å². The van der Waals surface area contributed by atoms with Crippen LogP contribution in [0.5, 0.6) is 0 Å². The molecule has 2 aromatic carbocycles. The summed E-state index contributed by atoms with van der Waals surface area (Å²) in [4.78, 5) is 17.8. The molecule has 3 aromatic rings. The van der Waals surface area contributed by atoms with Gasteiger partial charge in [-0.25, -0.2) is 4.39 Å². The summed E-state index contributed by atoms with van der Waals surface area (Å²) in [6, 6.07) is 9.04. The van der Waals surface area contributed by atoms with Gasteiger partial charge in [-0.15, -0.1) is 0 Å². The monoisotopic (exact) mass is 524 g/mol. The number of methoxy groups -OCH3 is 2. The highest BCUT2D eigenvalue weighted by Crippen LogP contribution is 2.39. The molecular weight excluding hydrogens is 483 g/mol. The van der Waals surface area contributed by atoms with Crippen LogP contribution in [0, 0.1) is 11.7 Å². The van der Waals surface area contributed by atoms with Gasteiger partial charge >= 0.3 is 0 Å². The molecule has 0 saturated carbocycles. The van der Waals surface area contributed by atoms with Crippen molar-refractivity contribution in [3.63, 3.8) is 0 Å². The summed E-state index contributed by atoms with van der Waals surface area (Å²) in [5.74, 6) is 0.0900. The summed E-state index contributed by atoms with van der Waals surface area (Å²) in [7, 11) is 5.29. The molecule has 1 saturated heterocycles. The van der Waals surface area contributed by atoms with Crippen molar-refractivity contribution < 1.29 is 18.7 Å². The SMILES string of the molecule is CCN(C(=O)c1cc(F)ccc1-c1cc(C2CN([C@@H](C(C)C)C(OC)OC)C2)cc2c1cnn2C)C(C)C. The number of carbonyl (C=O) groups excluding carboxylic acids is 1. The Morgan fingerprint density at radius 2 is 1.79 bits per heavy atom. The zero-order chi connectivity index (χ0) is 27.7. The number of halogens is 1. The topological polar surface area (TPSA) is 59.8 Å². The van der Waals surface area contributed by atoms with Crippen LogP contribution >= 0.6 is 0 Å². The summed E-state index contributed by atoms with van der Waals surface area (Å²) in [5, 5.41) is 5.46. The number of rotatable bonds is 10. The van der Waals surface area contributed by atoms with Gasteiger partial charge in [-0.2, -0.15) is 5.10 Å². The Hall–Kier alpha value is -2.81. The van der Waals surface area contributed by atoms with Crippen LogP contribution in [0.2, 0.25) is 0 Å². The van der Waals surface area contributed by atoms with E-state index in [1.165, 1.54) is 17.7 Å². The molecule has 1 aromatic heterocycles. The van der Waals surface area contributed by atoms with Crippen LogP contribution in [0.4, 0.5) is 4.39 Å². The average molecular weight is 525 g/mol. The molecule has 0 radical (unpaired) electrons. The van der Waals surface area contributed by atoms with Crippen LogP contribution in [0.1, 0.15) is 56.5 Å². The standard InChI is InChI=1S/C30H41FN4O3/c1-9-35(19(4)5)29(36)25-14-22(31)10-11-23(25)24-12-20(13-27-26(24)15-32-33(27)6)21-16-34(17-21)28(18(2)3)30(37-7)38-8/h10-15,18-19,21,28,30H,9,16-17H2,1-8H3/t28-/m0/s1. The first-order valence-corrected chi connectivity index (χ1v) is 13.5. The first-order chi connectivity index (χ1) is 18.1. The third-order valence-electron chi connectivity index (χ3n) is 7.85. The molecule has 8 heteroatoms. The van der Waals surface area contributed by atoms with E-state index in [-0.39, 0.29) is 24.3 Å². The van der Waals surface area contributed by atoms with Crippen molar-refractivity contribution in [3.8, 4) is 11.1 Å². The summed E-state index contributed by atoms with van der Waals surface area (Å²) < 4.78 is 27.6. The Morgan fingerprint density at radius 3 is 2.37 bits per heavy atom. The van der Waals surface area contributed by atoms with Crippen molar-refractivity contribution in [2.75, 3.05) is 33.9 Å². The molecule has 0 N–H and O–H groups in total. The molecule has 2 heterocycles. The van der Waals surface area contributed by atoms with Crippen LogP contribution in [-0.2, 0) is 16.5 Å². The lowest BCUT2D eigenvalue weighted by atomic mass is 9.84. The Morgan fingerprint density at radius 1 is 1.11 bits per heavy atom. The second-order valence-electron chi connectivity index (χ2n) is 10.9. The Bertz CT molecular complexity index is 1280. The van der Waals surface area contributed by atoms with Crippen LogP contribution in [0.25, 0.3) is 22.0 Å². The largest absolute Gasteiger partial charge is 0.354 e. The van der Waals surface area contributed by atoms with Gasteiger partial charge in [0.05, 0.1) is 23.3 Å². The predicted octanol–water partition coefficient (Wildman–Crippen LogP) is 5.29. The Kier molecular flexibility index (Phi) is 8.55. The second kappa shape index (κ2) is 11.5. The van der Waals surface area contributed by atoms with E-state index < -0.39 is 5.82 Å². The average Bonchev–Trinajstić information content (AvgIpc) is 3.23. The number of aryl methyl sites for hydroxylation is 1. The molecule has 7 nitrogen and oxygen atoms in total. The van der Waals surface area contributed by atoms with E-state index in [4.69, 9.17) is 9.47 Å². The lowest BCUT2D eigenvalue weighted by Crippen LogP contribution is -2.57. The molecule has 1 amide bonds. The van der Waals surface area contributed by atoms with Crippen LogP contribution in [0.15, 0.2) is 36.5 Å². The number of ether oxygens (including phenoxy) is 2. The number of amides is 1. The van der Waals surface area contributed by atoms with E-state index in [9.17, 15) is 9.18 Å². The van der Waals surface area contributed by atoms with E-state index >= 15 is 0 Å². The number of benzene rings is 2. The van der Waals surface area contributed by atoms with E-state index in [0.717, 1.165) is 35.1 Å². The van der Waals surface area contributed by atoms with Gasteiger partial charge in [-0.3, -0.25) is 14.4 Å². The maximum absolute atomic E-state index is 14.5. The number of likely N-dealkylation sites (tertiary alicyclic amines) is 1. The zero-order valence-corrected chi connectivity index (χ0v) is 23.9. The van der Waals surface area contributed by atoms with Gasteiger partial charge in [0.15, 0.2) is 6.29 Å². The van der Waals surface area contributed by atoms with Crippen molar-refractivity contribution in [2.24, 2.45) is 13.0 Å². The number of fused-ring (bicyclic) bond motifs is 1. The second-order valence-corrected chi connectivity index (χ2v) is 10.9. The van der Waals surface area contributed by atoms with E-state index in [0.29, 0.717) is 23.9 Å². The minimum absolute atomic E-state index is 0.00579. The fraction of sp³-hybridized carbons (Fsp3) is 0.533. The van der Waals surface area contributed by atoms with Gasteiger partial charge in [0.2, 0.25) is 0 Å². The molecule has 4 rings (SSSR count). The van der Waals surface area contributed by atoms with Crippen LogP contribution < -0.4 is 0 Å². The lowest BCUT2D eigenvalue weighted by molar-refractivity contribution is -0.168. The molecule has 1 aliphatic heterocycles. The van der Waals surface area contributed by atoms with Crippen LogP contribution in [0.3, 0.4) is 0 Å². The summed E-state index contributed by atoms with van der Waals surface area (Å²) in [5.41, 5.74) is 4.17. The van der Waals surface area contributed by atoms with E-state index in [1.54, 1.807) is 25.2 Å². The predicted molar refractivity (Wildman–Crippen MR) is 149 cm³/mol. The highest BCUT2D eigenvalue weighted by atomic mass is 19.1. The molecule has 0 spiro atoms. The Labute approximate surface area is 225 Å². The zero-order valence-electron chi connectivity index (χ0n) is 23.9. The fourth-order valence-electron chi connectivity index (χ4n) is 5.80. The van der Waals surface area contributed by atoms with Crippen molar-refractivity contribution in [1.82, 2.24) is 19.6 Å². The first-order valence-electron chi connectivity index (χ1n) is 13.5. The number of hydrogen-bond acceptors (Lipinski definition) is 5. The number of carbonyl (C=O) groups is 1. The Balaban J connectivity index is 1.76. The third kappa shape index (κ3) is 5.22. The molecule has 1 atom stereocenters. The molecular formula is C30H41FN4O3. The van der Waals surface area contributed by atoms with Crippen LogP contribution in [-0.4, -0.2) is 77.7 Å². The number of hydrogen-bond donors (Lipinski definition) is 0. The van der Waals surface area contributed by atoms with Crippen molar-refractivity contribution in [3.05, 3.63) is 53.5 Å². The summed E-state index contributed by atoms with van der Waals surface area (Å²) in [6.07, 6.45) is 1.54. The van der Waals surface area contributed by atoms with Crippen molar-refractivity contribution >= 4 is 16.8 Å². The van der Waals surface area contributed by atoms with E-state index in [2.05, 4.69) is 36.0 Å². The number of nitrogens with zero attached hydrogens (tertiary/aromatic N) is 4. The summed E-state index contributed by atoms with van der Waals surface area (Å²) in [6.45, 7) is 12.6. The van der Waals surface area contributed by atoms with Gasteiger partial charge < -0.3 is 14.4 Å². The first kappa shape index (κ1) is 28.2. The van der Waals surface area contributed by atoms with Gasteiger partial charge in [0.1, 0.15) is 5.82 Å². The highest BCUT2D eigenvalue weighted by molar-refractivity contribution is 6.05. The molecule has 0 bridgehead atoms. The third-order valence-corrected chi connectivity index (χ3v) is 7.85. The fourth-order valence-corrected chi connectivity index (χ4v) is 5.80. The molecule has 38 heavy (non-hydrogen) atoms. The smallest absolute Gasteiger partial charge is 0.254 e. The maximum Gasteiger partial charge on any atom is 0.254 e. The molecule has 1 aliphatic rings. The molecule has 0 aliphatic carbocycles. The quantitative estimate of drug-likeness (QED) is 0.337. The van der Waals surface area contributed by atoms with Gasteiger partial charge in [0, 0.05) is 58.2 Å². The molecule has 0 unspecified atom stereocenters. The van der Waals surface area contributed by atoms with Crippen molar-refractivity contribution in [1.29, 1.82) is 0 Å². The normalized spacial score (nSPS) is 15.6. The minimum Gasteiger partial charge on any atom is -0.354 e. The van der Waals surface area contributed by atoms with Gasteiger partial charge in [-0.1, -0.05) is 19.9 Å². The molecule has 206 valence electrons. The maximum atomic E-state index is 14.5. The lowest BCUT2D eigenvalue weighted by Gasteiger charge is -2.48. The summed E-state index contributed by atoms with van der Waals surface area (Å²) >= 11 is 0. The number of aromatic nitrogens is 2. The van der Waals surface area contributed by atoms with Gasteiger partial charge in [-0.05, 0) is 67.6 Å².